The zero-order chi connectivity index (χ0) is 18.1. The van der Waals surface area contributed by atoms with Crippen molar-refractivity contribution in [3.63, 3.8) is 0 Å². The van der Waals surface area contributed by atoms with Crippen LogP contribution in [-0.4, -0.2) is 46.9 Å². The number of carbonyl (C=O) groups excluding carboxylic acids is 1. The third kappa shape index (κ3) is 2.99. The number of aromatic nitrogens is 1. The van der Waals surface area contributed by atoms with Gasteiger partial charge in [0.2, 0.25) is 0 Å². The Morgan fingerprint density at radius 1 is 1.12 bits per heavy atom. The van der Waals surface area contributed by atoms with Crippen LogP contribution in [0.3, 0.4) is 0 Å². The fourth-order valence-electron chi connectivity index (χ4n) is 3.21. The summed E-state index contributed by atoms with van der Waals surface area (Å²) in [7, 11) is 0. The molecule has 2 heterocycles. The van der Waals surface area contributed by atoms with Gasteiger partial charge in [0.15, 0.2) is 0 Å². The number of piperazine rings is 1. The van der Waals surface area contributed by atoms with Crippen LogP contribution < -0.4 is 4.90 Å². The summed E-state index contributed by atoms with van der Waals surface area (Å²) in [6.45, 7) is 2.20. The predicted molar refractivity (Wildman–Crippen MR) is 101 cm³/mol. The van der Waals surface area contributed by atoms with Gasteiger partial charge >= 0.3 is 0 Å². The average molecular weight is 368 g/mol. The van der Waals surface area contributed by atoms with Crippen LogP contribution in [0.25, 0.3) is 10.2 Å². The number of para-hydroxylation sites is 2. The third-order valence-electron chi connectivity index (χ3n) is 4.56. The minimum Gasteiger partial charge on any atom is -0.362 e. The Kier molecular flexibility index (Phi) is 4.26. The molecule has 0 atom stereocenters. The molecular weight excluding hydrogens is 352 g/mol. The maximum absolute atomic E-state index is 12.8. The van der Waals surface area contributed by atoms with Crippen molar-refractivity contribution >= 4 is 38.8 Å². The largest absolute Gasteiger partial charge is 0.362 e. The Morgan fingerprint density at radius 2 is 1.88 bits per heavy atom. The second kappa shape index (κ2) is 6.72. The maximum Gasteiger partial charge on any atom is 0.292 e. The van der Waals surface area contributed by atoms with E-state index in [1.54, 1.807) is 34.7 Å². The van der Waals surface area contributed by atoms with Crippen molar-refractivity contribution in [1.29, 1.82) is 0 Å². The quantitative estimate of drug-likeness (QED) is 0.524. The first-order chi connectivity index (χ1) is 12.6. The number of carbonyl (C=O) groups is 1. The van der Waals surface area contributed by atoms with Gasteiger partial charge in [0.25, 0.3) is 11.6 Å². The second-order valence-electron chi connectivity index (χ2n) is 6.06. The average Bonchev–Trinajstić information content (AvgIpc) is 3.15. The van der Waals surface area contributed by atoms with Crippen LogP contribution in [0.1, 0.15) is 10.4 Å². The highest BCUT2D eigenvalue weighted by atomic mass is 32.1. The third-order valence-corrected chi connectivity index (χ3v) is 5.36. The van der Waals surface area contributed by atoms with Crippen molar-refractivity contribution in [3.05, 3.63) is 63.7 Å². The van der Waals surface area contributed by atoms with Gasteiger partial charge in [0.1, 0.15) is 5.69 Å². The van der Waals surface area contributed by atoms with E-state index in [1.807, 2.05) is 17.0 Å². The highest BCUT2D eigenvalue weighted by Gasteiger charge is 2.26. The van der Waals surface area contributed by atoms with E-state index in [0.717, 1.165) is 10.2 Å². The number of thiazole rings is 1. The first kappa shape index (κ1) is 16.5. The Labute approximate surface area is 153 Å². The molecule has 0 spiro atoms. The van der Waals surface area contributed by atoms with Gasteiger partial charge < -0.3 is 9.80 Å². The molecule has 2 aromatic carbocycles. The van der Waals surface area contributed by atoms with E-state index in [-0.39, 0.29) is 16.5 Å². The van der Waals surface area contributed by atoms with Crippen LogP contribution in [0, 0.1) is 10.1 Å². The number of anilines is 1. The molecule has 0 aliphatic carbocycles. The van der Waals surface area contributed by atoms with E-state index in [0.29, 0.717) is 37.4 Å². The van der Waals surface area contributed by atoms with E-state index in [9.17, 15) is 14.9 Å². The van der Waals surface area contributed by atoms with E-state index < -0.39 is 0 Å². The highest BCUT2D eigenvalue weighted by Crippen LogP contribution is 2.28. The number of hydrogen-bond donors (Lipinski definition) is 0. The number of nitro benzene ring substituents is 1. The van der Waals surface area contributed by atoms with Gasteiger partial charge in [0.05, 0.1) is 20.7 Å². The molecule has 1 aliphatic heterocycles. The van der Waals surface area contributed by atoms with Crippen molar-refractivity contribution in [2.24, 2.45) is 0 Å². The van der Waals surface area contributed by atoms with Gasteiger partial charge in [0, 0.05) is 37.8 Å². The molecule has 0 radical (unpaired) electrons. The van der Waals surface area contributed by atoms with Crippen molar-refractivity contribution in [1.82, 2.24) is 9.88 Å². The topological polar surface area (TPSA) is 79.6 Å². The van der Waals surface area contributed by atoms with Crippen LogP contribution >= 0.6 is 11.3 Å². The summed E-state index contributed by atoms with van der Waals surface area (Å²) < 4.78 is 0.995. The van der Waals surface area contributed by atoms with Gasteiger partial charge in [-0.15, -0.1) is 11.3 Å². The summed E-state index contributed by atoms with van der Waals surface area (Å²) in [6.07, 6.45) is 0. The molecule has 0 unspecified atom stereocenters. The first-order valence-electron chi connectivity index (χ1n) is 8.24. The number of hydrogen-bond acceptors (Lipinski definition) is 6. The number of rotatable bonds is 3. The number of nitrogens with zero attached hydrogens (tertiary/aromatic N) is 4. The Bertz CT molecular complexity index is 979. The molecule has 1 saturated heterocycles. The van der Waals surface area contributed by atoms with Crippen molar-refractivity contribution in [2.75, 3.05) is 31.1 Å². The second-order valence-corrected chi connectivity index (χ2v) is 6.95. The zero-order valence-electron chi connectivity index (χ0n) is 13.9. The Hall–Kier alpha value is -3.00. The molecule has 1 aromatic heterocycles. The molecule has 1 fully saturated rings. The normalized spacial score (nSPS) is 14.6. The van der Waals surface area contributed by atoms with Crippen molar-refractivity contribution < 1.29 is 9.72 Å². The minimum atomic E-state index is -0.364. The van der Waals surface area contributed by atoms with Crippen LogP contribution in [0.4, 0.5) is 11.4 Å². The number of benzene rings is 2. The standard InChI is InChI=1S/C18H16N4O3S/c23-18(13-5-6-14-17(11-13)26-12-19-14)21-9-7-20(8-10-21)15-3-1-2-4-16(15)22(24)25/h1-6,11-12H,7-10H2. The van der Waals surface area contributed by atoms with Crippen molar-refractivity contribution in [3.8, 4) is 0 Å². The van der Waals surface area contributed by atoms with Gasteiger partial charge in [-0.2, -0.15) is 0 Å². The van der Waals surface area contributed by atoms with Crippen LogP contribution in [-0.2, 0) is 0 Å². The highest BCUT2D eigenvalue weighted by molar-refractivity contribution is 7.16. The lowest BCUT2D eigenvalue weighted by atomic mass is 10.1. The van der Waals surface area contributed by atoms with Gasteiger partial charge in [-0.05, 0) is 24.3 Å². The summed E-state index contributed by atoms with van der Waals surface area (Å²) in [6, 6.07) is 12.3. The number of amides is 1. The number of nitro groups is 1. The molecule has 0 N–H and O–H groups in total. The molecule has 7 nitrogen and oxygen atoms in total. The van der Waals surface area contributed by atoms with E-state index >= 15 is 0 Å². The van der Waals surface area contributed by atoms with Crippen molar-refractivity contribution in [2.45, 2.75) is 0 Å². The molecule has 1 aliphatic rings. The van der Waals surface area contributed by atoms with E-state index in [4.69, 9.17) is 0 Å². The van der Waals surface area contributed by atoms with E-state index in [2.05, 4.69) is 4.98 Å². The van der Waals surface area contributed by atoms with Gasteiger partial charge in [-0.3, -0.25) is 14.9 Å². The summed E-state index contributed by atoms with van der Waals surface area (Å²) in [5.41, 5.74) is 4.03. The fraction of sp³-hybridized carbons (Fsp3) is 0.222. The molecule has 1 amide bonds. The summed E-state index contributed by atoms with van der Waals surface area (Å²) in [4.78, 5) is 31.6. The Balaban J connectivity index is 1.48. The predicted octanol–water partition coefficient (Wildman–Crippen LogP) is 3.17. The molecule has 8 heteroatoms. The first-order valence-corrected chi connectivity index (χ1v) is 9.12. The van der Waals surface area contributed by atoms with Gasteiger partial charge in [-0.25, -0.2) is 4.98 Å². The lowest BCUT2D eigenvalue weighted by Gasteiger charge is -2.35. The monoisotopic (exact) mass is 368 g/mol. The molecule has 26 heavy (non-hydrogen) atoms. The molecule has 0 saturated carbocycles. The molecule has 132 valence electrons. The smallest absolute Gasteiger partial charge is 0.292 e. The lowest BCUT2D eigenvalue weighted by molar-refractivity contribution is -0.384. The maximum atomic E-state index is 12.8. The Morgan fingerprint density at radius 3 is 2.65 bits per heavy atom. The summed E-state index contributed by atoms with van der Waals surface area (Å²) in [5, 5.41) is 11.2. The summed E-state index contributed by atoms with van der Waals surface area (Å²) in [5.74, 6) is -0.0116. The zero-order valence-corrected chi connectivity index (χ0v) is 14.7. The fourth-order valence-corrected chi connectivity index (χ4v) is 3.92. The molecule has 4 rings (SSSR count). The van der Waals surface area contributed by atoms with E-state index in [1.165, 1.54) is 17.4 Å². The lowest BCUT2D eigenvalue weighted by Crippen LogP contribution is -2.48. The van der Waals surface area contributed by atoms with Crippen LogP contribution in [0.5, 0.6) is 0 Å². The molecule has 3 aromatic rings. The summed E-state index contributed by atoms with van der Waals surface area (Å²) >= 11 is 1.51. The molecule has 0 bridgehead atoms. The number of fused-ring (bicyclic) bond motifs is 1. The SMILES string of the molecule is O=C(c1ccc2ncsc2c1)N1CCN(c2ccccc2[N+](=O)[O-])CC1. The minimum absolute atomic E-state index is 0.0116. The molecular formula is C18H16N4O3S. The van der Waals surface area contributed by atoms with Crippen LogP contribution in [0.2, 0.25) is 0 Å². The van der Waals surface area contributed by atoms with Crippen LogP contribution in [0.15, 0.2) is 48.0 Å². The van der Waals surface area contributed by atoms with Gasteiger partial charge in [-0.1, -0.05) is 12.1 Å².